The van der Waals surface area contributed by atoms with E-state index in [2.05, 4.69) is 35.4 Å². The predicted molar refractivity (Wildman–Crippen MR) is 124 cm³/mol. The van der Waals surface area contributed by atoms with Gasteiger partial charge in [-0.15, -0.1) is 6.58 Å². The minimum Gasteiger partial charge on any atom is -0.493 e. The molecule has 4 rings (SSSR count). The van der Waals surface area contributed by atoms with E-state index in [1.807, 2.05) is 42.2 Å². The van der Waals surface area contributed by atoms with Gasteiger partial charge in [0.25, 0.3) is 0 Å². The number of amides is 1. The number of rotatable bonds is 9. The number of fused-ring (bicyclic) bond motifs is 1. The molecule has 1 aromatic heterocycles. The first-order chi connectivity index (χ1) is 15.2. The van der Waals surface area contributed by atoms with E-state index in [0.717, 1.165) is 66.9 Å². The second-order valence-corrected chi connectivity index (χ2v) is 8.01. The monoisotopic (exact) mass is 417 g/mol. The Balaban J connectivity index is 1.52. The maximum absolute atomic E-state index is 12.5. The molecule has 1 atom stereocenters. The summed E-state index contributed by atoms with van der Waals surface area (Å²) in [7, 11) is 0. The molecule has 2 heterocycles. The molecule has 1 aliphatic rings. The van der Waals surface area contributed by atoms with Gasteiger partial charge in [0.15, 0.2) is 0 Å². The second-order valence-electron chi connectivity index (χ2n) is 8.01. The van der Waals surface area contributed by atoms with Gasteiger partial charge in [0.05, 0.1) is 23.7 Å². The third-order valence-electron chi connectivity index (χ3n) is 5.98. The molecule has 0 saturated carbocycles. The number of para-hydroxylation sites is 3. The second kappa shape index (κ2) is 9.82. The largest absolute Gasteiger partial charge is 0.493 e. The Kier molecular flexibility index (Phi) is 6.70. The molecule has 1 aliphatic heterocycles. The summed E-state index contributed by atoms with van der Waals surface area (Å²) in [6.45, 7) is 8.03. The highest BCUT2D eigenvalue weighted by Gasteiger charge is 2.32. The highest BCUT2D eigenvalue weighted by molar-refractivity contribution is 5.78. The number of aromatic nitrogens is 2. The first kappa shape index (κ1) is 21.2. The maximum atomic E-state index is 12.5. The van der Waals surface area contributed by atoms with E-state index in [-0.39, 0.29) is 11.9 Å². The van der Waals surface area contributed by atoms with Crippen LogP contribution < -0.4 is 4.74 Å². The van der Waals surface area contributed by atoms with Gasteiger partial charge in [-0.25, -0.2) is 4.98 Å². The number of benzene rings is 2. The first-order valence-electron chi connectivity index (χ1n) is 11.3. The SMILES string of the molecule is C=CCc1ccccc1OCCCn1c(C2CCCN2C(=O)CC)nc2ccccc21. The van der Waals surface area contributed by atoms with Crippen molar-refractivity contribution in [2.45, 2.75) is 51.6 Å². The number of hydrogen-bond acceptors (Lipinski definition) is 3. The summed E-state index contributed by atoms with van der Waals surface area (Å²) in [5, 5.41) is 0. The summed E-state index contributed by atoms with van der Waals surface area (Å²) in [4.78, 5) is 19.5. The zero-order valence-electron chi connectivity index (χ0n) is 18.3. The summed E-state index contributed by atoms with van der Waals surface area (Å²) in [6, 6.07) is 16.4. The van der Waals surface area contributed by atoms with Crippen molar-refractivity contribution in [2.75, 3.05) is 13.2 Å². The van der Waals surface area contributed by atoms with Crippen LogP contribution in [0.5, 0.6) is 5.75 Å². The lowest BCUT2D eigenvalue weighted by atomic mass is 10.1. The summed E-state index contributed by atoms with van der Waals surface area (Å²) in [5.74, 6) is 2.14. The van der Waals surface area contributed by atoms with Crippen LogP contribution in [0.15, 0.2) is 61.2 Å². The van der Waals surface area contributed by atoms with E-state index in [9.17, 15) is 4.79 Å². The van der Waals surface area contributed by atoms with Crippen molar-refractivity contribution in [1.29, 1.82) is 0 Å². The normalized spacial score (nSPS) is 16.0. The average molecular weight is 418 g/mol. The molecule has 5 heteroatoms. The first-order valence-corrected chi connectivity index (χ1v) is 11.3. The van der Waals surface area contributed by atoms with E-state index in [1.165, 1.54) is 0 Å². The van der Waals surface area contributed by atoms with Gasteiger partial charge in [-0.05, 0) is 49.4 Å². The number of carbonyl (C=O) groups excluding carboxylic acids is 1. The van der Waals surface area contributed by atoms with E-state index in [1.54, 1.807) is 0 Å². The van der Waals surface area contributed by atoms with E-state index < -0.39 is 0 Å². The number of carbonyl (C=O) groups is 1. The Bertz CT molecular complexity index is 1060. The fraction of sp³-hybridized carbons (Fsp3) is 0.385. The van der Waals surface area contributed by atoms with Crippen molar-refractivity contribution in [3.8, 4) is 5.75 Å². The van der Waals surface area contributed by atoms with Gasteiger partial charge in [0.1, 0.15) is 11.6 Å². The van der Waals surface area contributed by atoms with Gasteiger partial charge in [0.2, 0.25) is 5.91 Å². The van der Waals surface area contributed by atoms with E-state index in [0.29, 0.717) is 13.0 Å². The van der Waals surface area contributed by atoms with Gasteiger partial charge in [0, 0.05) is 19.5 Å². The van der Waals surface area contributed by atoms with Crippen LogP contribution in [0.4, 0.5) is 0 Å². The molecule has 1 unspecified atom stereocenters. The molecule has 0 N–H and O–H groups in total. The lowest BCUT2D eigenvalue weighted by molar-refractivity contribution is -0.131. The molecule has 0 aliphatic carbocycles. The van der Waals surface area contributed by atoms with Gasteiger partial charge < -0.3 is 14.2 Å². The highest BCUT2D eigenvalue weighted by Crippen LogP contribution is 2.34. The third kappa shape index (κ3) is 4.50. The van der Waals surface area contributed by atoms with Crippen molar-refractivity contribution >= 4 is 16.9 Å². The van der Waals surface area contributed by atoms with Crippen LogP contribution in [0.2, 0.25) is 0 Å². The predicted octanol–water partition coefficient (Wildman–Crippen LogP) is 5.31. The van der Waals surface area contributed by atoms with Crippen molar-refractivity contribution in [2.24, 2.45) is 0 Å². The molecule has 3 aromatic rings. The summed E-state index contributed by atoms with van der Waals surface area (Å²) in [6.07, 6.45) is 6.11. The smallest absolute Gasteiger partial charge is 0.222 e. The van der Waals surface area contributed by atoms with Crippen LogP contribution >= 0.6 is 0 Å². The van der Waals surface area contributed by atoms with Gasteiger partial charge in [-0.3, -0.25) is 4.79 Å². The lowest BCUT2D eigenvalue weighted by Gasteiger charge is -2.25. The lowest BCUT2D eigenvalue weighted by Crippen LogP contribution is -2.31. The van der Waals surface area contributed by atoms with Crippen molar-refractivity contribution in [3.63, 3.8) is 0 Å². The number of nitrogens with zero attached hydrogens (tertiary/aromatic N) is 3. The molecule has 0 bridgehead atoms. The van der Waals surface area contributed by atoms with Gasteiger partial charge in [-0.2, -0.15) is 0 Å². The minimum absolute atomic E-state index is 0.0640. The van der Waals surface area contributed by atoms with Crippen molar-refractivity contribution < 1.29 is 9.53 Å². The van der Waals surface area contributed by atoms with Crippen LogP contribution in [-0.4, -0.2) is 33.5 Å². The number of aryl methyl sites for hydroxylation is 1. The molecule has 31 heavy (non-hydrogen) atoms. The maximum Gasteiger partial charge on any atom is 0.222 e. The molecule has 1 fully saturated rings. The molecule has 1 saturated heterocycles. The van der Waals surface area contributed by atoms with E-state index >= 15 is 0 Å². The number of likely N-dealkylation sites (tertiary alicyclic amines) is 1. The quantitative estimate of drug-likeness (QED) is 0.350. The Morgan fingerprint density at radius 1 is 1.23 bits per heavy atom. The fourth-order valence-corrected chi connectivity index (χ4v) is 4.49. The average Bonchev–Trinajstić information content (AvgIpc) is 3.42. The number of hydrogen-bond donors (Lipinski definition) is 0. The Hall–Kier alpha value is -3.08. The van der Waals surface area contributed by atoms with Crippen molar-refractivity contribution in [1.82, 2.24) is 14.5 Å². The standard InChI is InChI=1S/C26H31N3O2/c1-3-11-20-12-5-8-16-24(20)31-19-10-18-29-22-14-7-6-13-21(22)27-26(29)23-15-9-17-28(23)25(30)4-2/h3,5-8,12-14,16,23H,1,4,9-11,15,17-19H2,2H3. The Morgan fingerprint density at radius 3 is 2.87 bits per heavy atom. The van der Waals surface area contributed by atoms with E-state index in [4.69, 9.17) is 9.72 Å². The molecule has 0 radical (unpaired) electrons. The molecular formula is C26H31N3O2. The van der Waals surface area contributed by atoms with Crippen LogP contribution in [0.3, 0.4) is 0 Å². The molecule has 1 amide bonds. The van der Waals surface area contributed by atoms with Gasteiger partial charge in [-0.1, -0.05) is 43.3 Å². The van der Waals surface area contributed by atoms with Crippen LogP contribution in [0.1, 0.15) is 50.0 Å². The minimum atomic E-state index is 0.0640. The molecule has 162 valence electrons. The van der Waals surface area contributed by atoms with Crippen LogP contribution in [0, 0.1) is 0 Å². The van der Waals surface area contributed by atoms with Crippen LogP contribution in [-0.2, 0) is 17.8 Å². The summed E-state index contributed by atoms with van der Waals surface area (Å²) < 4.78 is 8.39. The van der Waals surface area contributed by atoms with Gasteiger partial charge >= 0.3 is 0 Å². The zero-order chi connectivity index (χ0) is 21.6. The summed E-state index contributed by atoms with van der Waals surface area (Å²) in [5.41, 5.74) is 3.27. The number of ether oxygens (including phenoxy) is 1. The molecular weight excluding hydrogens is 386 g/mol. The Morgan fingerprint density at radius 2 is 2.03 bits per heavy atom. The highest BCUT2D eigenvalue weighted by atomic mass is 16.5. The van der Waals surface area contributed by atoms with Crippen LogP contribution in [0.25, 0.3) is 11.0 Å². The third-order valence-corrected chi connectivity index (χ3v) is 5.98. The molecule has 5 nitrogen and oxygen atoms in total. The zero-order valence-corrected chi connectivity index (χ0v) is 18.3. The number of allylic oxidation sites excluding steroid dienone is 1. The molecule has 2 aromatic carbocycles. The molecule has 0 spiro atoms. The Labute approximate surface area is 184 Å². The van der Waals surface area contributed by atoms with Crippen molar-refractivity contribution in [3.05, 3.63) is 72.6 Å². The summed E-state index contributed by atoms with van der Waals surface area (Å²) >= 11 is 0. The topological polar surface area (TPSA) is 47.4 Å². The fourth-order valence-electron chi connectivity index (χ4n) is 4.49. The number of imidazole rings is 1.